The smallest absolute Gasteiger partial charge is 0.324 e. The Balaban J connectivity index is 0.000000423. The van der Waals surface area contributed by atoms with Crippen molar-refractivity contribution in [3.63, 3.8) is 0 Å². The number of benzene rings is 1. The molecule has 86 valence electrons. The monoisotopic (exact) mass is 234 g/mol. The average molecular weight is 234 g/mol. The average Bonchev–Trinajstić information content (AvgIpc) is 2.18. The van der Waals surface area contributed by atoms with Gasteiger partial charge in [0.1, 0.15) is 0 Å². The molecule has 5 N–H and O–H groups in total. The molecule has 0 aromatic heterocycles. The van der Waals surface area contributed by atoms with Gasteiger partial charge in [-0.05, 0) is 0 Å². The minimum Gasteiger partial charge on any atom is -0.362 e. The summed E-state index contributed by atoms with van der Waals surface area (Å²) < 4.78 is 0. The van der Waals surface area contributed by atoms with E-state index in [0.29, 0.717) is 12.0 Å². The molecule has 15 heavy (non-hydrogen) atoms. The van der Waals surface area contributed by atoms with Crippen molar-refractivity contribution in [2.75, 3.05) is 0 Å². The van der Waals surface area contributed by atoms with Crippen molar-refractivity contribution in [1.82, 2.24) is 0 Å². The Bertz CT molecular complexity index is 260. The third-order valence-electron chi connectivity index (χ3n) is 1.73. The lowest BCUT2D eigenvalue weighted by atomic mass is 10.0. The van der Waals surface area contributed by atoms with Gasteiger partial charge in [-0.3, -0.25) is 0 Å². The van der Waals surface area contributed by atoms with Crippen molar-refractivity contribution < 1.29 is 24.9 Å². The van der Waals surface area contributed by atoms with E-state index in [9.17, 15) is 10.2 Å². The van der Waals surface area contributed by atoms with Gasteiger partial charge in [-0.25, -0.2) is 0 Å². The molecule has 1 aromatic rings. The Morgan fingerprint density at radius 2 is 1.47 bits per heavy atom. The highest BCUT2D eigenvalue weighted by Crippen LogP contribution is 2.20. The third-order valence-corrected chi connectivity index (χ3v) is 1.73. The maximum atomic E-state index is 9.35. The van der Waals surface area contributed by atoms with Crippen LogP contribution in [0.25, 0.3) is 0 Å². The summed E-state index contributed by atoms with van der Waals surface area (Å²) in [7, 11) is -2.62. The maximum Gasteiger partial charge on any atom is 0.324 e. The molecule has 0 heterocycles. The van der Waals surface area contributed by atoms with Gasteiger partial charge in [-0.15, -0.1) is 0 Å². The fourth-order valence-corrected chi connectivity index (χ4v) is 0.909. The molecular formula is C9H15O5P. The number of rotatable bonds is 2. The third kappa shape index (κ3) is 6.52. The second-order valence-corrected chi connectivity index (χ2v) is 3.34. The van der Waals surface area contributed by atoms with E-state index in [0.717, 1.165) is 0 Å². The molecule has 0 aliphatic heterocycles. The number of hydrogen-bond acceptors (Lipinski definition) is 5. The van der Waals surface area contributed by atoms with Crippen LogP contribution in [0.15, 0.2) is 30.3 Å². The summed E-state index contributed by atoms with van der Waals surface area (Å²) in [5.41, 5.74) is 0.544. The van der Waals surface area contributed by atoms with E-state index in [2.05, 4.69) is 0 Å². The Labute approximate surface area is 89.3 Å². The minimum atomic E-state index is -2.62. The highest BCUT2D eigenvalue weighted by Gasteiger charge is 2.21. The van der Waals surface area contributed by atoms with Gasteiger partial charge in [0.25, 0.3) is 0 Å². The molecular weight excluding hydrogens is 219 g/mol. The van der Waals surface area contributed by atoms with E-state index >= 15 is 0 Å². The Kier molecular flexibility index (Phi) is 6.60. The molecule has 6 heteroatoms. The summed E-state index contributed by atoms with van der Waals surface area (Å²) in [6.45, 7) is 1.73. The maximum absolute atomic E-state index is 9.35. The van der Waals surface area contributed by atoms with Crippen LogP contribution in [0.1, 0.15) is 18.9 Å². The summed E-state index contributed by atoms with van der Waals surface area (Å²) >= 11 is 0. The van der Waals surface area contributed by atoms with E-state index in [4.69, 9.17) is 14.7 Å². The van der Waals surface area contributed by atoms with Crippen molar-refractivity contribution in [3.8, 4) is 0 Å². The number of aliphatic hydroxyl groups is 2. The molecule has 0 radical (unpaired) electrons. The number of hydrogen-bond donors (Lipinski definition) is 5. The van der Waals surface area contributed by atoms with E-state index < -0.39 is 14.4 Å². The van der Waals surface area contributed by atoms with Gasteiger partial charge in [0.05, 0.1) is 0 Å². The molecule has 0 bridgehead atoms. The topological polar surface area (TPSA) is 101 Å². The first kappa shape index (κ1) is 14.5. The van der Waals surface area contributed by atoms with Crippen molar-refractivity contribution in [3.05, 3.63) is 35.9 Å². The summed E-state index contributed by atoms with van der Waals surface area (Å²) in [5.74, 6) is -1.67. The lowest BCUT2D eigenvalue weighted by Crippen LogP contribution is -2.23. The van der Waals surface area contributed by atoms with Gasteiger partial charge in [0, 0.05) is 12.0 Å². The first-order chi connectivity index (χ1) is 6.90. The zero-order chi connectivity index (χ0) is 11.9. The quantitative estimate of drug-likeness (QED) is 0.377. The van der Waals surface area contributed by atoms with Crippen LogP contribution in [0, 0.1) is 0 Å². The van der Waals surface area contributed by atoms with Crippen molar-refractivity contribution in [2.24, 2.45) is 0 Å². The van der Waals surface area contributed by atoms with Crippen LogP contribution in [-0.2, 0) is 5.79 Å². The summed E-state index contributed by atoms with van der Waals surface area (Å²) in [6, 6.07) is 8.81. The molecule has 0 aliphatic rings. The Morgan fingerprint density at radius 1 is 1.07 bits per heavy atom. The molecule has 0 unspecified atom stereocenters. The second kappa shape index (κ2) is 6.85. The van der Waals surface area contributed by atoms with Crippen LogP contribution in [0.3, 0.4) is 0 Å². The Morgan fingerprint density at radius 3 is 1.80 bits per heavy atom. The van der Waals surface area contributed by atoms with Gasteiger partial charge in [0.15, 0.2) is 5.79 Å². The predicted molar refractivity (Wildman–Crippen MR) is 56.4 cm³/mol. The molecule has 1 aromatic carbocycles. The molecule has 0 amide bonds. The highest BCUT2D eigenvalue weighted by molar-refractivity contribution is 7.38. The molecule has 0 fully saturated rings. The van der Waals surface area contributed by atoms with Gasteiger partial charge in [0.2, 0.25) is 0 Å². The molecule has 0 saturated heterocycles. The van der Waals surface area contributed by atoms with Crippen molar-refractivity contribution >= 4 is 8.60 Å². The molecule has 0 spiro atoms. The van der Waals surface area contributed by atoms with E-state index in [1.54, 1.807) is 31.2 Å². The molecule has 5 nitrogen and oxygen atoms in total. The first-order valence-corrected chi connectivity index (χ1v) is 5.47. The van der Waals surface area contributed by atoms with Crippen LogP contribution in [0.4, 0.5) is 0 Å². The van der Waals surface area contributed by atoms with Crippen LogP contribution < -0.4 is 0 Å². The zero-order valence-electron chi connectivity index (χ0n) is 8.28. The van der Waals surface area contributed by atoms with Crippen LogP contribution in [0.2, 0.25) is 0 Å². The summed E-state index contributed by atoms with van der Waals surface area (Å²) in [5, 5.41) is 18.7. The van der Waals surface area contributed by atoms with Gasteiger partial charge >= 0.3 is 8.60 Å². The summed E-state index contributed by atoms with van der Waals surface area (Å²) in [4.78, 5) is 21.7. The standard InChI is InChI=1S/C9H12O2.H3O3P/c1-2-9(10,11)8-6-4-3-5-7-8;1-4(2)3/h3-7,10-11H,2H2,1H3;1-3H. The molecule has 0 aliphatic carbocycles. The van der Waals surface area contributed by atoms with Gasteiger partial charge < -0.3 is 24.9 Å². The van der Waals surface area contributed by atoms with E-state index in [-0.39, 0.29) is 0 Å². The van der Waals surface area contributed by atoms with Crippen molar-refractivity contribution in [2.45, 2.75) is 19.1 Å². The largest absolute Gasteiger partial charge is 0.362 e. The fourth-order valence-electron chi connectivity index (χ4n) is 0.909. The van der Waals surface area contributed by atoms with Crippen LogP contribution in [-0.4, -0.2) is 24.9 Å². The predicted octanol–water partition coefficient (Wildman–Crippen LogP) is 0.424. The normalized spacial score (nSPS) is 10.9. The van der Waals surface area contributed by atoms with Crippen molar-refractivity contribution in [1.29, 1.82) is 0 Å². The lowest BCUT2D eigenvalue weighted by Gasteiger charge is -2.19. The van der Waals surface area contributed by atoms with E-state index in [1.807, 2.05) is 6.07 Å². The molecule has 0 saturated carbocycles. The first-order valence-electron chi connectivity index (χ1n) is 4.27. The van der Waals surface area contributed by atoms with Gasteiger partial charge in [-0.1, -0.05) is 37.3 Å². The van der Waals surface area contributed by atoms with Crippen LogP contribution in [0.5, 0.6) is 0 Å². The second-order valence-electron chi connectivity index (χ2n) is 2.80. The zero-order valence-corrected chi connectivity index (χ0v) is 9.17. The van der Waals surface area contributed by atoms with Crippen LogP contribution >= 0.6 is 8.60 Å². The SMILES string of the molecule is CCC(O)(O)c1ccccc1.OP(O)O. The van der Waals surface area contributed by atoms with E-state index in [1.165, 1.54) is 0 Å². The molecule has 1 rings (SSSR count). The Hall–Kier alpha value is -0.550. The fraction of sp³-hybridized carbons (Fsp3) is 0.333. The highest BCUT2D eigenvalue weighted by atomic mass is 31.2. The summed E-state index contributed by atoms with van der Waals surface area (Å²) in [6.07, 6.45) is 0.303. The lowest BCUT2D eigenvalue weighted by molar-refractivity contribution is -0.171. The minimum absolute atomic E-state index is 0.303. The molecule has 0 atom stereocenters. The van der Waals surface area contributed by atoms with Gasteiger partial charge in [-0.2, -0.15) is 0 Å².